The van der Waals surface area contributed by atoms with Crippen molar-refractivity contribution in [3.8, 4) is 0 Å². The Kier molecular flexibility index (Phi) is 10.1. The molecule has 1 aromatic rings. The maximum absolute atomic E-state index is 11.9. The summed E-state index contributed by atoms with van der Waals surface area (Å²) < 4.78 is 5.04. The van der Waals surface area contributed by atoms with E-state index in [4.69, 9.17) is 10.5 Å². The van der Waals surface area contributed by atoms with Crippen molar-refractivity contribution in [2.75, 3.05) is 31.6 Å². The van der Waals surface area contributed by atoms with Gasteiger partial charge in [0, 0.05) is 39.0 Å². The highest BCUT2D eigenvalue weighted by Crippen LogP contribution is 2.17. The number of nitrogens with one attached hydrogen (secondary N) is 1. The number of hydrogen-bond acceptors (Lipinski definition) is 5. The van der Waals surface area contributed by atoms with Crippen molar-refractivity contribution in [3.05, 3.63) is 24.4 Å². The molecule has 1 aliphatic heterocycles. The van der Waals surface area contributed by atoms with E-state index in [0.29, 0.717) is 0 Å². The van der Waals surface area contributed by atoms with E-state index in [2.05, 4.69) is 15.2 Å². The number of rotatable bonds is 5. The molecule has 1 aromatic heterocycles. The number of ether oxygens (including phenoxy) is 1. The average Bonchev–Trinajstić information content (AvgIpc) is 2.50. The summed E-state index contributed by atoms with van der Waals surface area (Å²) in [6.45, 7) is 1.99. The molecule has 0 spiro atoms. The lowest BCUT2D eigenvalue weighted by molar-refractivity contribution is -0.131. The van der Waals surface area contributed by atoms with Crippen molar-refractivity contribution in [2.24, 2.45) is 5.73 Å². The minimum atomic E-state index is -0.552. The molecule has 1 amide bonds. The van der Waals surface area contributed by atoms with Crippen LogP contribution in [0, 0.1) is 0 Å². The van der Waals surface area contributed by atoms with Gasteiger partial charge in [-0.3, -0.25) is 4.79 Å². The number of methoxy groups -OCH3 is 1. The van der Waals surface area contributed by atoms with Crippen LogP contribution in [0.15, 0.2) is 24.4 Å². The summed E-state index contributed by atoms with van der Waals surface area (Å²) in [6.07, 6.45) is 3.06. The van der Waals surface area contributed by atoms with E-state index in [-0.39, 0.29) is 43.3 Å². The van der Waals surface area contributed by atoms with Gasteiger partial charge in [0.2, 0.25) is 0 Å². The number of carbonyl (C=O) groups excluding carboxylic acids is 1. The Balaban J connectivity index is 0.00000220. The Hall–Kier alpha value is -1.08. The summed E-state index contributed by atoms with van der Waals surface area (Å²) >= 11 is 0. The van der Waals surface area contributed by atoms with Crippen LogP contribution in [0.3, 0.4) is 0 Å². The number of nitrogens with zero attached hydrogens (tertiary/aromatic N) is 2. The highest BCUT2D eigenvalue weighted by molar-refractivity contribution is 5.85. The number of piperidine rings is 1. The molecular weight excluding hydrogens is 327 g/mol. The first kappa shape index (κ1) is 20.9. The lowest BCUT2D eigenvalue weighted by Gasteiger charge is -2.33. The average molecular weight is 351 g/mol. The summed E-state index contributed by atoms with van der Waals surface area (Å²) in [5.41, 5.74) is 5.49. The molecule has 2 heterocycles. The molecule has 126 valence electrons. The first-order chi connectivity index (χ1) is 9.74. The molecule has 8 heteroatoms. The van der Waals surface area contributed by atoms with E-state index in [1.54, 1.807) is 6.20 Å². The molecule has 1 aliphatic rings. The number of carbonyl (C=O) groups is 1. The second-order valence-corrected chi connectivity index (χ2v) is 4.92. The molecule has 1 fully saturated rings. The molecule has 0 saturated carbocycles. The molecule has 1 unspecified atom stereocenters. The number of pyridine rings is 1. The van der Waals surface area contributed by atoms with Crippen molar-refractivity contribution in [1.29, 1.82) is 0 Å². The Morgan fingerprint density at radius 1 is 1.45 bits per heavy atom. The van der Waals surface area contributed by atoms with Crippen molar-refractivity contribution >= 4 is 36.5 Å². The first-order valence-electron chi connectivity index (χ1n) is 6.93. The standard InChI is InChI=1S/C14H22N4O2.2ClH/c1-20-12(10-15)14(19)17-11-5-8-18(9-6-11)13-4-2-3-7-16-13;;/h2-4,7,11-12H,5-6,8-10,15H2,1H3,(H,17,19);2*1H. The monoisotopic (exact) mass is 350 g/mol. The predicted molar refractivity (Wildman–Crippen MR) is 92.0 cm³/mol. The van der Waals surface area contributed by atoms with Crippen LogP contribution in [-0.4, -0.2) is 49.8 Å². The Morgan fingerprint density at radius 2 is 2.14 bits per heavy atom. The molecule has 2 rings (SSSR count). The second-order valence-electron chi connectivity index (χ2n) is 4.92. The van der Waals surface area contributed by atoms with Crippen molar-refractivity contribution in [1.82, 2.24) is 10.3 Å². The van der Waals surface area contributed by atoms with Gasteiger partial charge in [0.1, 0.15) is 11.9 Å². The smallest absolute Gasteiger partial charge is 0.250 e. The van der Waals surface area contributed by atoms with Gasteiger partial charge in [-0.25, -0.2) is 4.98 Å². The second kappa shape index (κ2) is 10.6. The fraction of sp³-hybridized carbons (Fsp3) is 0.571. The van der Waals surface area contributed by atoms with Crippen LogP contribution >= 0.6 is 24.8 Å². The van der Waals surface area contributed by atoms with Crippen LogP contribution in [0.2, 0.25) is 0 Å². The van der Waals surface area contributed by atoms with Crippen LogP contribution in [0.5, 0.6) is 0 Å². The molecule has 3 N–H and O–H groups in total. The van der Waals surface area contributed by atoms with Gasteiger partial charge < -0.3 is 20.7 Å². The Labute approximate surface area is 143 Å². The third-order valence-corrected chi connectivity index (χ3v) is 3.61. The zero-order valence-corrected chi connectivity index (χ0v) is 14.2. The molecule has 1 saturated heterocycles. The molecule has 6 nitrogen and oxygen atoms in total. The summed E-state index contributed by atoms with van der Waals surface area (Å²) in [4.78, 5) is 18.5. The first-order valence-corrected chi connectivity index (χ1v) is 6.93. The summed E-state index contributed by atoms with van der Waals surface area (Å²) in [7, 11) is 1.50. The minimum Gasteiger partial charge on any atom is -0.370 e. The molecular formula is C14H24Cl2N4O2. The summed E-state index contributed by atoms with van der Waals surface area (Å²) in [5, 5.41) is 3.00. The lowest BCUT2D eigenvalue weighted by atomic mass is 10.0. The van der Waals surface area contributed by atoms with Crippen LogP contribution in [0.4, 0.5) is 5.82 Å². The molecule has 0 radical (unpaired) electrons. The van der Waals surface area contributed by atoms with Gasteiger partial charge >= 0.3 is 0 Å². The van der Waals surface area contributed by atoms with Gasteiger partial charge in [-0.2, -0.15) is 0 Å². The number of amides is 1. The fourth-order valence-electron chi connectivity index (χ4n) is 2.40. The summed E-state index contributed by atoms with van der Waals surface area (Å²) in [5.74, 6) is 0.875. The van der Waals surface area contributed by atoms with Crippen LogP contribution in [-0.2, 0) is 9.53 Å². The van der Waals surface area contributed by atoms with Gasteiger partial charge in [0.25, 0.3) is 5.91 Å². The molecule has 0 aliphatic carbocycles. The maximum atomic E-state index is 11.9. The van der Waals surface area contributed by atoms with Gasteiger partial charge in [-0.05, 0) is 25.0 Å². The fourth-order valence-corrected chi connectivity index (χ4v) is 2.40. The van der Waals surface area contributed by atoms with Crippen LogP contribution in [0.25, 0.3) is 0 Å². The highest BCUT2D eigenvalue weighted by Gasteiger charge is 2.24. The van der Waals surface area contributed by atoms with Gasteiger partial charge in [-0.1, -0.05) is 6.07 Å². The van der Waals surface area contributed by atoms with Crippen LogP contribution < -0.4 is 16.0 Å². The molecule has 1 atom stereocenters. The molecule has 0 bridgehead atoms. The quantitative estimate of drug-likeness (QED) is 0.827. The SMILES string of the molecule is COC(CN)C(=O)NC1CCN(c2ccccn2)CC1.Cl.Cl. The van der Waals surface area contributed by atoms with E-state index >= 15 is 0 Å². The van der Waals surface area contributed by atoms with Crippen LogP contribution in [0.1, 0.15) is 12.8 Å². The van der Waals surface area contributed by atoms with Crippen molar-refractivity contribution < 1.29 is 9.53 Å². The highest BCUT2D eigenvalue weighted by atomic mass is 35.5. The number of aromatic nitrogens is 1. The van der Waals surface area contributed by atoms with Crippen molar-refractivity contribution in [2.45, 2.75) is 25.0 Å². The Bertz CT molecular complexity index is 424. The number of hydrogen-bond donors (Lipinski definition) is 2. The minimum absolute atomic E-state index is 0. The van der Waals surface area contributed by atoms with E-state index in [9.17, 15) is 4.79 Å². The molecule has 0 aromatic carbocycles. The summed E-state index contributed by atoms with van der Waals surface area (Å²) in [6, 6.07) is 6.09. The van der Waals surface area contributed by atoms with Crippen molar-refractivity contribution in [3.63, 3.8) is 0 Å². The predicted octanol–water partition coefficient (Wildman–Crippen LogP) is 0.984. The van der Waals surface area contributed by atoms with E-state index in [1.807, 2.05) is 18.2 Å². The Morgan fingerprint density at radius 3 is 2.64 bits per heavy atom. The number of anilines is 1. The van der Waals surface area contributed by atoms with E-state index in [1.165, 1.54) is 7.11 Å². The zero-order valence-electron chi connectivity index (χ0n) is 12.6. The van der Waals surface area contributed by atoms with Gasteiger partial charge in [0.05, 0.1) is 0 Å². The van der Waals surface area contributed by atoms with E-state index < -0.39 is 6.10 Å². The largest absolute Gasteiger partial charge is 0.370 e. The van der Waals surface area contributed by atoms with Gasteiger partial charge in [-0.15, -0.1) is 24.8 Å². The third-order valence-electron chi connectivity index (χ3n) is 3.61. The number of halogens is 2. The lowest BCUT2D eigenvalue weighted by Crippen LogP contribution is -2.49. The zero-order chi connectivity index (χ0) is 14.4. The topological polar surface area (TPSA) is 80.5 Å². The normalized spacial score (nSPS) is 16.2. The van der Waals surface area contributed by atoms with E-state index in [0.717, 1.165) is 31.7 Å². The van der Waals surface area contributed by atoms with Gasteiger partial charge in [0.15, 0.2) is 0 Å². The third kappa shape index (κ3) is 5.61. The molecule has 22 heavy (non-hydrogen) atoms. The number of nitrogens with two attached hydrogens (primary N) is 1. The maximum Gasteiger partial charge on any atom is 0.250 e.